The molecule has 0 aliphatic carbocycles. The van der Waals surface area contributed by atoms with Crippen LogP contribution in [0.2, 0.25) is 0 Å². The van der Waals surface area contributed by atoms with Crippen LogP contribution in [0.15, 0.2) is 27.7 Å². The van der Waals surface area contributed by atoms with Gasteiger partial charge in [-0.25, -0.2) is 4.99 Å². The molecule has 0 saturated heterocycles. The molecule has 5 nitrogen and oxygen atoms in total. The van der Waals surface area contributed by atoms with Crippen LogP contribution in [0.3, 0.4) is 0 Å². The molecule has 3 N–H and O–H groups in total. The molecule has 0 heterocycles. The second-order valence-corrected chi connectivity index (χ2v) is 6.39. The first kappa shape index (κ1) is 22.2. The summed E-state index contributed by atoms with van der Waals surface area (Å²) < 4.78 is 0.934. The number of hydrogen-bond acceptors (Lipinski definition) is 2. The van der Waals surface area contributed by atoms with Crippen LogP contribution in [0.25, 0.3) is 0 Å². The molecule has 0 radical (unpaired) electrons. The van der Waals surface area contributed by atoms with E-state index in [1.54, 1.807) is 0 Å². The Morgan fingerprint density at radius 1 is 1.30 bits per heavy atom. The average molecular weight is 497 g/mol. The van der Waals surface area contributed by atoms with Crippen LogP contribution in [0, 0.1) is 12.8 Å². The highest BCUT2D eigenvalue weighted by Crippen LogP contribution is 2.20. The van der Waals surface area contributed by atoms with E-state index >= 15 is 0 Å². The number of aryl methyl sites for hydroxylation is 1. The Kier molecular flexibility index (Phi) is 11.2. The van der Waals surface area contributed by atoms with E-state index in [-0.39, 0.29) is 36.4 Å². The van der Waals surface area contributed by atoms with Gasteiger partial charge in [-0.1, -0.05) is 35.8 Å². The zero-order valence-electron chi connectivity index (χ0n) is 14.1. The van der Waals surface area contributed by atoms with Gasteiger partial charge in [-0.05, 0) is 37.5 Å². The number of carbonyl (C=O) groups is 1. The Balaban J connectivity index is 0.00000484. The zero-order chi connectivity index (χ0) is 16.5. The van der Waals surface area contributed by atoms with Gasteiger partial charge in [0.15, 0.2) is 5.96 Å². The van der Waals surface area contributed by atoms with Crippen LogP contribution in [0.5, 0.6) is 0 Å². The van der Waals surface area contributed by atoms with E-state index < -0.39 is 0 Å². The summed E-state index contributed by atoms with van der Waals surface area (Å²) in [5.41, 5.74) is 1.82. The molecule has 23 heavy (non-hydrogen) atoms. The van der Waals surface area contributed by atoms with E-state index in [0.29, 0.717) is 11.9 Å². The summed E-state index contributed by atoms with van der Waals surface area (Å²) in [7, 11) is 0. The van der Waals surface area contributed by atoms with Crippen LogP contribution >= 0.6 is 39.9 Å². The quantitative estimate of drug-likeness (QED) is 0.320. The number of benzene rings is 1. The SMILES string of the molecule is CCNC(=NCC(=O)Nc1cc(Br)ccc1C)NCC(C)C.I. The summed E-state index contributed by atoms with van der Waals surface area (Å²) in [5.74, 6) is 1.04. The smallest absolute Gasteiger partial charge is 0.246 e. The van der Waals surface area contributed by atoms with Crippen molar-refractivity contribution in [1.82, 2.24) is 10.6 Å². The van der Waals surface area contributed by atoms with Gasteiger partial charge in [0.1, 0.15) is 6.54 Å². The Morgan fingerprint density at radius 3 is 2.61 bits per heavy atom. The number of aliphatic imine (C=N–C) groups is 1. The van der Waals surface area contributed by atoms with Gasteiger partial charge in [0, 0.05) is 23.2 Å². The van der Waals surface area contributed by atoms with E-state index in [1.165, 1.54) is 0 Å². The molecule has 0 atom stereocenters. The van der Waals surface area contributed by atoms with E-state index in [4.69, 9.17) is 0 Å². The Morgan fingerprint density at radius 2 is 2.00 bits per heavy atom. The van der Waals surface area contributed by atoms with Crippen molar-refractivity contribution in [3.63, 3.8) is 0 Å². The molecule has 0 saturated carbocycles. The number of nitrogens with one attached hydrogen (secondary N) is 3. The first-order valence-electron chi connectivity index (χ1n) is 7.50. The van der Waals surface area contributed by atoms with Crippen molar-refractivity contribution in [3.05, 3.63) is 28.2 Å². The van der Waals surface area contributed by atoms with Gasteiger partial charge in [0.25, 0.3) is 0 Å². The molecule has 0 aliphatic heterocycles. The number of anilines is 1. The van der Waals surface area contributed by atoms with Crippen molar-refractivity contribution >= 4 is 57.5 Å². The monoisotopic (exact) mass is 496 g/mol. The van der Waals surface area contributed by atoms with Gasteiger partial charge in [-0.2, -0.15) is 0 Å². The second-order valence-electron chi connectivity index (χ2n) is 5.48. The molecular weight excluding hydrogens is 471 g/mol. The fourth-order valence-corrected chi connectivity index (χ4v) is 2.07. The molecule has 130 valence electrons. The lowest BCUT2D eigenvalue weighted by molar-refractivity contribution is -0.114. The Bertz CT molecular complexity index is 535. The van der Waals surface area contributed by atoms with Gasteiger partial charge < -0.3 is 16.0 Å². The minimum Gasteiger partial charge on any atom is -0.357 e. The fraction of sp³-hybridized carbons (Fsp3) is 0.500. The maximum atomic E-state index is 12.0. The number of guanidine groups is 1. The van der Waals surface area contributed by atoms with Crippen LogP contribution < -0.4 is 16.0 Å². The third-order valence-corrected chi connectivity index (χ3v) is 3.37. The lowest BCUT2D eigenvalue weighted by atomic mass is 10.2. The maximum absolute atomic E-state index is 12.0. The number of carbonyl (C=O) groups excluding carboxylic acids is 1. The minimum absolute atomic E-state index is 0. The number of halogens is 2. The predicted molar refractivity (Wildman–Crippen MR) is 112 cm³/mol. The molecule has 0 aliphatic rings. The predicted octanol–water partition coefficient (Wildman–Crippen LogP) is 3.53. The first-order valence-corrected chi connectivity index (χ1v) is 8.29. The summed E-state index contributed by atoms with van der Waals surface area (Å²) in [6.45, 7) is 9.86. The van der Waals surface area contributed by atoms with Gasteiger partial charge in [-0.3, -0.25) is 4.79 Å². The summed E-state index contributed by atoms with van der Waals surface area (Å²) >= 11 is 3.40. The van der Waals surface area contributed by atoms with Crippen LogP contribution in [-0.4, -0.2) is 31.5 Å². The maximum Gasteiger partial charge on any atom is 0.246 e. The third kappa shape index (κ3) is 9.14. The van der Waals surface area contributed by atoms with Crippen molar-refractivity contribution in [1.29, 1.82) is 0 Å². The number of hydrogen-bond donors (Lipinski definition) is 3. The van der Waals surface area contributed by atoms with Gasteiger partial charge in [-0.15, -0.1) is 24.0 Å². The van der Waals surface area contributed by atoms with Crippen molar-refractivity contribution < 1.29 is 4.79 Å². The molecule has 1 rings (SSSR count). The van der Waals surface area contributed by atoms with Gasteiger partial charge in [0.05, 0.1) is 0 Å². The lowest BCUT2D eigenvalue weighted by Gasteiger charge is -2.13. The van der Waals surface area contributed by atoms with E-state index in [1.807, 2.05) is 32.0 Å². The number of amides is 1. The molecule has 1 aromatic carbocycles. The van der Waals surface area contributed by atoms with Crippen molar-refractivity contribution in [3.8, 4) is 0 Å². The van der Waals surface area contributed by atoms with Gasteiger partial charge in [0.2, 0.25) is 5.91 Å². The average Bonchev–Trinajstić information content (AvgIpc) is 2.45. The van der Waals surface area contributed by atoms with Gasteiger partial charge >= 0.3 is 0 Å². The van der Waals surface area contributed by atoms with E-state index in [2.05, 4.69) is 50.7 Å². The van der Waals surface area contributed by atoms with E-state index in [0.717, 1.165) is 28.8 Å². The molecular formula is C16H26BrIN4O. The minimum atomic E-state index is -0.136. The summed E-state index contributed by atoms with van der Waals surface area (Å²) in [5, 5.41) is 9.22. The molecule has 0 unspecified atom stereocenters. The summed E-state index contributed by atoms with van der Waals surface area (Å²) in [6, 6.07) is 5.79. The molecule has 1 amide bonds. The normalized spacial score (nSPS) is 11.0. The van der Waals surface area contributed by atoms with Crippen LogP contribution in [0.1, 0.15) is 26.3 Å². The lowest BCUT2D eigenvalue weighted by Crippen LogP contribution is -2.39. The fourth-order valence-electron chi connectivity index (χ4n) is 1.71. The van der Waals surface area contributed by atoms with Crippen molar-refractivity contribution in [2.75, 3.05) is 25.0 Å². The summed E-state index contributed by atoms with van der Waals surface area (Å²) in [6.07, 6.45) is 0. The number of rotatable bonds is 6. The van der Waals surface area contributed by atoms with Crippen LogP contribution in [0.4, 0.5) is 5.69 Å². The molecule has 0 fully saturated rings. The molecule has 7 heteroatoms. The van der Waals surface area contributed by atoms with Crippen molar-refractivity contribution in [2.24, 2.45) is 10.9 Å². The molecule has 1 aromatic rings. The first-order chi connectivity index (χ1) is 10.4. The number of nitrogens with zero attached hydrogens (tertiary/aromatic N) is 1. The summed E-state index contributed by atoms with van der Waals surface area (Å²) in [4.78, 5) is 16.3. The topological polar surface area (TPSA) is 65.5 Å². The molecule has 0 aromatic heterocycles. The Hall–Kier alpha value is -0.830. The zero-order valence-corrected chi connectivity index (χ0v) is 18.0. The van der Waals surface area contributed by atoms with E-state index in [9.17, 15) is 4.79 Å². The highest BCUT2D eigenvalue weighted by Gasteiger charge is 2.06. The molecule has 0 spiro atoms. The van der Waals surface area contributed by atoms with Crippen molar-refractivity contribution in [2.45, 2.75) is 27.7 Å². The largest absolute Gasteiger partial charge is 0.357 e. The Labute approximate surface area is 164 Å². The second kappa shape index (κ2) is 11.7. The molecule has 0 bridgehead atoms. The third-order valence-electron chi connectivity index (χ3n) is 2.88. The van der Waals surface area contributed by atoms with Crippen LogP contribution in [-0.2, 0) is 4.79 Å². The highest BCUT2D eigenvalue weighted by molar-refractivity contribution is 14.0. The highest BCUT2D eigenvalue weighted by atomic mass is 127. The standard InChI is InChI=1S/C16H25BrN4O.HI/c1-5-18-16(19-9-11(2)3)20-10-15(22)21-14-8-13(17)7-6-12(14)4;/h6-8,11H,5,9-10H2,1-4H3,(H,21,22)(H2,18,19,20);1H.